The second-order valence-electron chi connectivity index (χ2n) is 6.15. The van der Waals surface area contributed by atoms with Crippen molar-refractivity contribution in [2.24, 2.45) is 0 Å². The van der Waals surface area contributed by atoms with Crippen molar-refractivity contribution in [1.29, 1.82) is 5.26 Å². The molecule has 1 amide bonds. The Morgan fingerprint density at radius 2 is 1.68 bits per heavy atom. The number of rotatable bonds is 1. The number of nitrogens with zero attached hydrogens (tertiary/aromatic N) is 2. The first kappa shape index (κ1) is 18.7. The first-order valence-electron chi connectivity index (χ1n) is 7.70. The molecule has 25 heavy (non-hydrogen) atoms. The SMILES string of the molecule is Cc1ccc(C#N)c(S(C)(=O)=O)c1.Cc1ccc2c(c1)N(C)C(=O)C2. The molecule has 0 aliphatic carbocycles. The van der Waals surface area contributed by atoms with E-state index in [9.17, 15) is 13.2 Å². The van der Waals surface area contributed by atoms with Gasteiger partial charge in [-0.05, 0) is 48.7 Å². The van der Waals surface area contributed by atoms with Gasteiger partial charge in [-0.1, -0.05) is 18.2 Å². The Hall–Kier alpha value is -2.65. The average molecular weight is 356 g/mol. The third-order valence-electron chi connectivity index (χ3n) is 3.97. The molecule has 0 saturated carbocycles. The van der Waals surface area contributed by atoms with E-state index in [-0.39, 0.29) is 16.4 Å². The van der Waals surface area contributed by atoms with E-state index in [1.165, 1.54) is 17.7 Å². The number of nitriles is 1. The van der Waals surface area contributed by atoms with Crippen molar-refractivity contribution in [2.75, 3.05) is 18.2 Å². The van der Waals surface area contributed by atoms with Gasteiger partial charge in [0.1, 0.15) is 6.07 Å². The topological polar surface area (TPSA) is 78.2 Å². The Kier molecular flexibility index (Phi) is 5.29. The van der Waals surface area contributed by atoms with Crippen LogP contribution in [0.15, 0.2) is 41.3 Å². The van der Waals surface area contributed by atoms with Crippen LogP contribution in [0.5, 0.6) is 0 Å². The van der Waals surface area contributed by atoms with Crippen LogP contribution in [-0.4, -0.2) is 27.6 Å². The van der Waals surface area contributed by atoms with Gasteiger partial charge in [-0.25, -0.2) is 8.42 Å². The van der Waals surface area contributed by atoms with Crippen molar-refractivity contribution in [3.63, 3.8) is 0 Å². The molecule has 0 bridgehead atoms. The van der Waals surface area contributed by atoms with Crippen molar-refractivity contribution < 1.29 is 13.2 Å². The van der Waals surface area contributed by atoms with E-state index in [4.69, 9.17) is 5.26 Å². The van der Waals surface area contributed by atoms with Crippen LogP contribution < -0.4 is 4.90 Å². The van der Waals surface area contributed by atoms with Crippen molar-refractivity contribution in [3.05, 3.63) is 58.7 Å². The standard InChI is InChI=1S/C10H11NO.C9H9NO2S/c1-7-3-4-8-6-10(12)11(2)9(8)5-7;1-7-3-4-8(6-10)9(5-7)13(2,11)12/h3-5H,6H2,1-2H3;3-5H,1-2H3. The molecule has 6 heteroatoms. The summed E-state index contributed by atoms with van der Waals surface area (Å²) in [5, 5.41) is 8.66. The fourth-order valence-electron chi connectivity index (χ4n) is 2.58. The molecule has 5 nitrogen and oxygen atoms in total. The molecule has 3 rings (SSSR count). The van der Waals surface area contributed by atoms with Crippen LogP contribution >= 0.6 is 0 Å². The molecule has 0 radical (unpaired) electrons. The lowest BCUT2D eigenvalue weighted by molar-refractivity contribution is -0.117. The molecular weight excluding hydrogens is 336 g/mol. The van der Waals surface area contributed by atoms with Gasteiger partial charge in [-0.15, -0.1) is 0 Å². The molecule has 1 aliphatic heterocycles. The van der Waals surface area contributed by atoms with Crippen molar-refractivity contribution in [1.82, 2.24) is 0 Å². The van der Waals surface area contributed by atoms with Crippen LogP contribution in [-0.2, 0) is 21.1 Å². The number of likely N-dealkylation sites (N-methyl/N-ethyl adjacent to an activating group) is 1. The Morgan fingerprint density at radius 3 is 2.28 bits per heavy atom. The number of anilines is 1. The molecule has 2 aromatic rings. The predicted molar refractivity (Wildman–Crippen MR) is 97.3 cm³/mol. The maximum atomic E-state index is 11.3. The Balaban J connectivity index is 0.000000181. The zero-order valence-corrected chi connectivity index (χ0v) is 15.5. The summed E-state index contributed by atoms with van der Waals surface area (Å²) < 4.78 is 22.4. The minimum absolute atomic E-state index is 0.106. The zero-order chi connectivity index (χ0) is 18.8. The molecule has 0 spiro atoms. The van der Waals surface area contributed by atoms with Gasteiger partial charge in [0, 0.05) is 19.0 Å². The molecule has 1 heterocycles. The van der Waals surface area contributed by atoms with Crippen LogP contribution in [0, 0.1) is 25.2 Å². The normalized spacial score (nSPS) is 12.9. The summed E-state index contributed by atoms with van der Waals surface area (Å²) >= 11 is 0. The number of hydrogen-bond acceptors (Lipinski definition) is 4. The van der Waals surface area contributed by atoms with Crippen molar-refractivity contribution >= 4 is 21.4 Å². The van der Waals surface area contributed by atoms with Gasteiger partial charge in [0.05, 0.1) is 16.9 Å². The lowest BCUT2D eigenvalue weighted by Crippen LogP contribution is -2.20. The summed E-state index contributed by atoms with van der Waals surface area (Å²) in [4.78, 5) is 13.1. The Morgan fingerprint density at radius 1 is 1.08 bits per heavy atom. The van der Waals surface area contributed by atoms with Gasteiger partial charge < -0.3 is 4.90 Å². The highest BCUT2D eigenvalue weighted by Crippen LogP contribution is 2.27. The molecule has 0 fully saturated rings. The maximum absolute atomic E-state index is 11.3. The smallest absolute Gasteiger partial charge is 0.231 e. The predicted octanol–water partition coefficient (Wildman–Crippen LogP) is 2.78. The number of amides is 1. The average Bonchev–Trinajstić information content (AvgIpc) is 2.82. The van der Waals surface area contributed by atoms with Gasteiger partial charge >= 0.3 is 0 Å². The van der Waals surface area contributed by atoms with Gasteiger partial charge in [0.15, 0.2) is 9.84 Å². The largest absolute Gasteiger partial charge is 0.315 e. The third-order valence-corrected chi connectivity index (χ3v) is 5.11. The number of carbonyl (C=O) groups excluding carboxylic acids is 1. The zero-order valence-electron chi connectivity index (χ0n) is 14.7. The summed E-state index contributed by atoms with van der Waals surface area (Å²) in [7, 11) is -1.46. The highest BCUT2D eigenvalue weighted by molar-refractivity contribution is 7.90. The van der Waals surface area contributed by atoms with E-state index >= 15 is 0 Å². The first-order chi connectivity index (χ1) is 11.6. The van der Waals surface area contributed by atoms with Crippen molar-refractivity contribution in [3.8, 4) is 6.07 Å². The van der Waals surface area contributed by atoms with Crippen LogP contribution in [0.25, 0.3) is 0 Å². The second-order valence-corrected chi connectivity index (χ2v) is 8.13. The molecule has 130 valence electrons. The number of hydrogen-bond donors (Lipinski definition) is 0. The lowest BCUT2D eigenvalue weighted by atomic mass is 10.1. The number of fused-ring (bicyclic) bond motifs is 1. The summed E-state index contributed by atoms with van der Waals surface area (Å²) in [5.74, 6) is 0.190. The molecule has 1 aliphatic rings. The van der Waals surface area contributed by atoms with Gasteiger partial charge in [0.2, 0.25) is 5.91 Å². The number of carbonyl (C=O) groups is 1. The van der Waals surface area contributed by atoms with E-state index in [1.54, 1.807) is 17.9 Å². The second kappa shape index (κ2) is 7.08. The number of benzene rings is 2. The molecule has 0 aromatic heterocycles. The van der Waals surface area contributed by atoms with E-state index in [0.29, 0.717) is 6.42 Å². The number of sulfone groups is 1. The maximum Gasteiger partial charge on any atom is 0.231 e. The van der Waals surface area contributed by atoms with Crippen LogP contribution in [0.1, 0.15) is 22.3 Å². The molecular formula is C19H20N2O3S. The molecule has 0 N–H and O–H groups in total. The number of aryl methyl sites for hydroxylation is 2. The van der Waals surface area contributed by atoms with Crippen LogP contribution in [0.4, 0.5) is 5.69 Å². The molecule has 2 aromatic carbocycles. The van der Waals surface area contributed by atoms with Crippen LogP contribution in [0.2, 0.25) is 0 Å². The summed E-state index contributed by atoms with van der Waals surface area (Å²) in [6, 6.07) is 12.7. The molecule has 0 atom stereocenters. The summed E-state index contributed by atoms with van der Waals surface area (Å²) in [6.45, 7) is 3.83. The van der Waals surface area contributed by atoms with Gasteiger partial charge in [-0.3, -0.25) is 4.79 Å². The van der Waals surface area contributed by atoms with E-state index in [0.717, 1.165) is 23.1 Å². The van der Waals surface area contributed by atoms with E-state index < -0.39 is 9.84 Å². The highest BCUT2D eigenvalue weighted by atomic mass is 32.2. The Bertz CT molecular complexity index is 973. The van der Waals surface area contributed by atoms with Crippen LogP contribution in [0.3, 0.4) is 0 Å². The minimum atomic E-state index is -3.29. The van der Waals surface area contributed by atoms with E-state index in [2.05, 4.69) is 6.07 Å². The lowest BCUT2D eigenvalue weighted by Gasteiger charge is -2.09. The van der Waals surface area contributed by atoms with Crippen molar-refractivity contribution in [2.45, 2.75) is 25.2 Å². The fraction of sp³-hybridized carbons (Fsp3) is 0.263. The summed E-state index contributed by atoms with van der Waals surface area (Å²) in [5.41, 5.74) is 4.45. The fourth-order valence-corrected chi connectivity index (χ4v) is 3.49. The monoisotopic (exact) mass is 356 g/mol. The third kappa shape index (κ3) is 4.25. The van der Waals surface area contributed by atoms with Gasteiger partial charge in [-0.2, -0.15) is 5.26 Å². The quantitative estimate of drug-likeness (QED) is 0.787. The Labute approximate surface area is 148 Å². The highest BCUT2D eigenvalue weighted by Gasteiger charge is 2.23. The molecule has 0 unspecified atom stereocenters. The minimum Gasteiger partial charge on any atom is -0.315 e. The first-order valence-corrected chi connectivity index (χ1v) is 9.59. The van der Waals surface area contributed by atoms with E-state index in [1.807, 2.05) is 32.2 Å². The van der Waals surface area contributed by atoms with Gasteiger partial charge in [0.25, 0.3) is 0 Å². The summed E-state index contributed by atoms with van der Waals surface area (Å²) in [6.07, 6.45) is 1.66. The molecule has 0 saturated heterocycles.